The molecule has 1 aromatic carbocycles. The molecule has 24 heavy (non-hydrogen) atoms. The van der Waals surface area contributed by atoms with E-state index >= 15 is 0 Å². The minimum Gasteiger partial charge on any atom is -0.466 e. The molecule has 3 nitrogen and oxygen atoms in total. The van der Waals surface area contributed by atoms with Gasteiger partial charge in [0.1, 0.15) is 0 Å². The van der Waals surface area contributed by atoms with Crippen LogP contribution in [-0.2, 0) is 14.3 Å². The molecule has 130 valence electrons. The van der Waals surface area contributed by atoms with Crippen LogP contribution in [0.15, 0.2) is 18.7 Å². The normalized spacial score (nSPS) is 20.5. The molecule has 1 fully saturated rings. The van der Waals surface area contributed by atoms with E-state index in [-0.39, 0.29) is 23.6 Å². The summed E-state index contributed by atoms with van der Waals surface area (Å²) in [5.74, 6) is -0.358. The average molecular weight is 328 g/mol. The van der Waals surface area contributed by atoms with E-state index in [9.17, 15) is 9.59 Å². The molecule has 2 unspecified atom stereocenters. The number of hydrogen-bond acceptors (Lipinski definition) is 3. The van der Waals surface area contributed by atoms with Crippen LogP contribution < -0.4 is 0 Å². The zero-order valence-corrected chi connectivity index (χ0v) is 15.3. The maximum atomic E-state index is 13.0. The van der Waals surface area contributed by atoms with Gasteiger partial charge in [0, 0.05) is 11.5 Å². The molecule has 1 aromatic rings. The van der Waals surface area contributed by atoms with Crippen molar-refractivity contribution in [2.24, 2.45) is 11.8 Å². The summed E-state index contributed by atoms with van der Waals surface area (Å²) in [6, 6.07) is 4.17. The summed E-state index contributed by atoms with van der Waals surface area (Å²) in [7, 11) is 0. The van der Waals surface area contributed by atoms with Gasteiger partial charge in [0.05, 0.1) is 12.5 Å². The SMILES string of the molecule is C=C(C(=O)C1CCCC(C(=O)OCC)C1)c1c(C)cc(C)cc1C. The van der Waals surface area contributed by atoms with Crippen LogP contribution in [0.2, 0.25) is 0 Å². The molecular formula is C21H28O3. The lowest BCUT2D eigenvalue weighted by Gasteiger charge is -2.27. The fourth-order valence-corrected chi connectivity index (χ4v) is 3.93. The summed E-state index contributed by atoms with van der Waals surface area (Å²) in [6.45, 7) is 12.4. The number of ether oxygens (including phenoxy) is 1. The highest BCUT2D eigenvalue weighted by Gasteiger charge is 2.33. The van der Waals surface area contributed by atoms with Gasteiger partial charge in [0.2, 0.25) is 0 Å². The van der Waals surface area contributed by atoms with Crippen LogP contribution in [0.3, 0.4) is 0 Å². The Morgan fingerprint density at radius 1 is 1.12 bits per heavy atom. The third-order valence-electron chi connectivity index (χ3n) is 4.94. The van der Waals surface area contributed by atoms with Crippen molar-refractivity contribution in [2.45, 2.75) is 53.4 Å². The van der Waals surface area contributed by atoms with Crippen LogP contribution in [-0.4, -0.2) is 18.4 Å². The number of benzene rings is 1. The van der Waals surface area contributed by atoms with Gasteiger partial charge in [-0.05, 0) is 63.6 Å². The summed E-state index contributed by atoms with van der Waals surface area (Å²) in [6.07, 6.45) is 3.12. The first-order valence-electron chi connectivity index (χ1n) is 8.83. The number of rotatable bonds is 5. The molecule has 0 amide bonds. The van der Waals surface area contributed by atoms with Crippen molar-refractivity contribution < 1.29 is 14.3 Å². The summed E-state index contributed by atoms with van der Waals surface area (Å²) < 4.78 is 5.13. The number of esters is 1. The van der Waals surface area contributed by atoms with Crippen molar-refractivity contribution >= 4 is 17.3 Å². The quantitative estimate of drug-likeness (QED) is 0.588. The van der Waals surface area contributed by atoms with Gasteiger partial charge in [0.15, 0.2) is 5.78 Å². The lowest BCUT2D eigenvalue weighted by atomic mass is 9.76. The maximum Gasteiger partial charge on any atom is 0.308 e. The second-order valence-corrected chi connectivity index (χ2v) is 6.93. The molecule has 3 heteroatoms. The molecule has 0 N–H and O–H groups in total. The number of ketones is 1. The highest BCUT2D eigenvalue weighted by atomic mass is 16.5. The molecule has 0 aliphatic heterocycles. The van der Waals surface area contributed by atoms with E-state index in [1.54, 1.807) is 0 Å². The number of hydrogen-bond donors (Lipinski definition) is 0. The number of carbonyl (C=O) groups is 2. The average Bonchev–Trinajstić information content (AvgIpc) is 2.53. The Kier molecular flexibility index (Phi) is 5.98. The van der Waals surface area contributed by atoms with E-state index in [0.717, 1.165) is 36.0 Å². The fourth-order valence-electron chi connectivity index (χ4n) is 3.93. The lowest BCUT2D eigenvalue weighted by molar-refractivity contribution is -0.149. The molecule has 0 spiro atoms. The number of allylic oxidation sites excluding steroid dienone is 1. The Balaban J connectivity index is 2.16. The molecule has 0 bridgehead atoms. The minimum absolute atomic E-state index is 0.0825. The molecule has 0 heterocycles. The van der Waals surface area contributed by atoms with Gasteiger partial charge in [-0.3, -0.25) is 9.59 Å². The molecule has 0 saturated heterocycles. The summed E-state index contributed by atoms with van der Waals surface area (Å²) >= 11 is 0. The van der Waals surface area contributed by atoms with E-state index in [2.05, 4.69) is 25.6 Å². The summed E-state index contributed by atoms with van der Waals surface area (Å²) in [4.78, 5) is 25.0. The van der Waals surface area contributed by atoms with Crippen LogP contribution in [0, 0.1) is 32.6 Å². The van der Waals surface area contributed by atoms with Gasteiger partial charge in [-0.2, -0.15) is 0 Å². The third-order valence-corrected chi connectivity index (χ3v) is 4.94. The van der Waals surface area contributed by atoms with Crippen molar-refractivity contribution in [2.75, 3.05) is 6.61 Å². The monoisotopic (exact) mass is 328 g/mol. The van der Waals surface area contributed by atoms with Crippen LogP contribution in [0.5, 0.6) is 0 Å². The highest BCUT2D eigenvalue weighted by Crippen LogP contribution is 2.35. The van der Waals surface area contributed by atoms with Gasteiger partial charge in [-0.1, -0.05) is 30.7 Å². The van der Waals surface area contributed by atoms with E-state index in [0.29, 0.717) is 18.6 Å². The lowest BCUT2D eigenvalue weighted by Crippen LogP contribution is -2.29. The van der Waals surface area contributed by atoms with Crippen molar-refractivity contribution in [3.8, 4) is 0 Å². The van der Waals surface area contributed by atoms with Gasteiger partial charge in [0.25, 0.3) is 0 Å². The number of Topliss-reactive ketones (excluding diaryl/α,β-unsaturated/α-hetero) is 1. The summed E-state index contributed by atoms with van der Waals surface area (Å²) in [5, 5.41) is 0. The van der Waals surface area contributed by atoms with Crippen molar-refractivity contribution in [1.82, 2.24) is 0 Å². The molecule has 1 aliphatic carbocycles. The molecular weight excluding hydrogens is 300 g/mol. The molecule has 2 rings (SSSR count). The van der Waals surface area contributed by atoms with Gasteiger partial charge in [-0.15, -0.1) is 0 Å². The Bertz CT molecular complexity index is 634. The van der Waals surface area contributed by atoms with Crippen LogP contribution in [0.1, 0.15) is 54.9 Å². The third kappa shape index (κ3) is 3.95. The first-order valence-corrected chi connectivity index (χ1v) is 8.83. The first-order chi connectivity index (χ1) is 11.3. The minimum atomic E-state index is -0.164. The predicted molar refractivity (Wildman–Crippen MR) is 96.8 cm³/mol. The smallest absolute Gasteiger partial charge is 0.308 e. The second kappa shape index (κ2) is 7.78. The second-order valence-electron chi connectivity index (χ2n) is 6.93. The zero-order valence-electron chi connectivity index (χ0n) is 15.3. The first kappa shape index (κ1) is 18.4. The Hall–Kier alpha value is -1.90. The van der Waals surface area contributed by atoms with Crippen molar-refractivity contribution in [3.63, 3.8) is 0 Å². The van der Waals surface area contributed by atoms with Crippen LogP contribution >= 0.6 is 0 Å². The topological polar surface area (TPSA) is 43.4 Å². The Labute approximate surface area is 145 Å². The van der Waals surface area contributed by atoms with Crippen molar-refractivity contribution in [1.29, 1.82) is 0 Å². The molecule has 0 aromatic heterocycles. The number of aryl methyl sites for hydroxylation is 3. The fraction of sp³-hybridized carbons (Fsp3) is 0.524. The zero-order chi connectivity index (χ0) is 17.9. The maximum absolute atomic E-state index is 13.0. The largest absolute Gasteiger partial charge is 0.466 e. The highest BCUT2D eigenvalue weighted by molar-refractivity contribution is 6.21. The van der Waals surface area contributed by atoms with E-state index in [1.165, 1.54) is 5.56 Å². The molecule has 1 saturated carbocycles. The molecule has 2 atom stereocenters. The van der Waals surface area contributed by atoms with Crippen LogP contribution in [0.4, 0.5) is 0 Å². The van der Waals surface area contributed by atoms with Crippen molar-refractivity contribution in [3.05, 3.63) is 41.0 Å². The van der Waals surface area contributed by atoms with Gasteiger partial charge < -0.3 is 4.74 Å². The Morgan fingerprint density at radius 2 is 1.71 bits per heavy atom. The van der Waals surface area contributed by atoms with E-state index < -0.39 is 0 Å². The van der Waals surface area contributed by atoms with Gasteiger partial charge in [-0.25, -0.2) is 0 Å². The predicted octanol–water partition coefficient (Wildman–Crippen LogP) is 4.56. The molecule has 0 radical (unpaired) electrons. The van der Waals surface area contributed by atoms with E-state index in [4.69, 9.17) is 4.74 Å². The number of carbonyl (C=O) groups excluding carboxylic acids is 2. The standard InChI is InChI=1S/C21H28O3/c1-6-24-21(23)18-9-7-8-17(12-18)20(22)16(5)19-14(3)10-13(2)11-15(19)4/h10-11,17-18H,5-9,12H2,1-4H3. The molecule has 1 aliphatic rings. The Morgan fingerprint density at radius 3 is 2.29 bits per heavy atom. The van der Waals surface area contributed by atoms with E-state index in [1.807, 2.05) is 20.8 Å². The van der Waals surface area contributed by atoms with Gasteiger partial charge >= 0.3 is 5.97 Å². The summed E-state index contributed by atoms with van der Waals surface area (Å²) in [5.41, 5.74) is 4.91. The van der Waals surface area contributed by atoms with Crippen LogP contribution in [0.25, 0.3) is 5.57 Å².